The van der Waals surface area contributed by atoms with Crippen LogP contribution in [-0.4, -0.2) is 77.0 Å². The van der Waals surface area contributed by atoms with E-state index in [1.165, 1.54) is 40.5 Å². The standard InChI is InChI=1S/C15H23N3O5S2/c1-16(2)15(19)12-17(3)24(20,21)13-6-8-14(9-7-13)25(22,23)18-10-4-5-11-18/h6-9H,4-5,10-12H2,1-3H3. The molecular weight excluding hydrogens is 366 g/mol. The Labute approximate surface area is 149 Å². The first-order valence-corrected chi connectivity index (χ1v) is 10.7. The summed E-state index contributed by atoms with van der Waals surface area (Å²) in [7, 11) is -3.06. The van der Waals surface area contributed by atoms with Gasteiger partial charge < -0.3 is 4.90 Å². The van der Waals surface area contributed by atoms with Crippen molar-refractivity contribution in [3.05, 3.63) is 24.3 Å². The van der Waals surface area contributed by atoms with Gasteiger partial charge in [0.2, 0.25) is 26.0 Å². The first kappa shape index (κ1) is 19.8. The molecule has 25 heavy (non-hydrogen) atoms. The van der Waals surface area contributed by atoms with Crippen LogP contribution in [0.25, 0.3) is 0 Å². The molecule has 0 aliphatic carbocycles. The summed E-state index contributed by atoms with van der Waals surface area (Å²) in [5.74, 6) is -0.348. The van der Waals surface area contributed by atoms with Gasteiger partial charge in [0.1, 0.15) is 0 Å². The van der Waals surface area contributed by atoms with Gasteiger partial charge in [0.15, 0.2) is 0 Å². The molecule has 1 aromatic rings. The average Bonchev–Trinajstić information content (AvgIpc) is 3.10. The zero-order chi connectivity index (χ0) is 18.8. The summed E-state index contributed by atoms with van der Waals surface area (Å²) in [6.45, 7) is 0.679. The fourth-order valence-corrected chi connectivity index (χ4v) is 5.10. The minimum absolute atomic E-state index is 0.0538. The Morgan fingerprint density at radius 3 is 1.92 bits per heavy atom. The number of carbonyl (C=O) groups is 1. The second-order valence-electron chi connectivity index (χ2n) is 6.13. The van der Waals surface area contributed by atoms with E-state index in [-0.39, 0.29) is 22.2 Å². The molecule has 0 bridgehead atoms. The van der Waals surface area contributed by atoms with Gasteiger partial charge in [-0.05, 0) is 37.1 Å². The maximum Gasteiger partial charge on any atom is 0.243 e. The van der Waals surface area contributed by atoms with Crippen molar-refractivity contribution in [3.63, 3.8) is 0 Å². The van der Waals surface area contributed by atoms with E-state index < -0.39 is 20.0 Å². The molecule has 0 unspecified atom stereocenters. The maximum absolute atomic E-state index is 12.5. The first-order chi connectivity index (χ1) is 11.6. The fraction of sp³-hybridized carbons (Fsp3) is 0.533. The molecule has 0 atom stereocenters. The summed E-state index contributed by atoms with van der Waals surface area (Å²) in [4.78, 5) is 13.0. The average molecular weight is 389 g/mol. The minimum atomic E-state index is -3.87. The molecule has 1 aliphatic rings. The highest BCUT2D eigenvalue weighted by Crippen LogP contribution is 2.23. The highest BCUT2D eigenvalue weighted by atomic mass is 32.2. The Morgan fingerprint density at radius 1 is 0.960 bits per heavy atom. The highest BCUT2D eigenvalue weighted by molar-refractivity contribution is 7.89. The lowest BCUT2D eigenvalue weighted by atomic mass is 10.4. The van der Waals surface area contributed by atoms with Crippen LogP contribution >= 0.6 is 0 Å². The van der Waals surface area contributed by atoms with E-state index in [0.717, 1.165) is 17.1 Å². The molecule has 140 valence electrons. The third kappa shape index (κ3) is 4.20. The third-order valence-electron chi connectivity index (χ3n) is 4.09. The van der Waals surface area contributed by atoms with Crippen LogP contribution in [0.1, 0.15) is 12.8 Å². The lowest BCUT2D eigenvalue weighted by molar-refractivity contribution is -0.128. The van der Waals surface area contributed by atoms with Crippen LogP contribution in [0, 0.1) is 0 Å². The van der Waals surface area contributed by atoms with E-state index in [9.17, 15) is 21.6 Å². The van der Waals surface area contributed by atoms with Crippen LogP contribution < -0.4 is 0 Å². The van der Waals surface area contributed by atoms with Gasteiger partial charge >= 0.3 is 0 Å². The molecule has 0 aromatic heterocycles. The van der Waals surface area contributed by atoms with Gasteiger partial charge in [-0.2, -0.15) is 8.61 Å². The first-order valence-electron chi connectivity index (χ1n) is 7.83. The monoisotopic (exact) mass is 389 g/mol. The van der Waals surface area contributed by atoms with Crippen molar-refractivity contribution in [2.75, 3.05) is 40.8 Å². The van der Waals surface area contributed by atoms with Crippen molar-refractivity contribution in [2.24, 2.45) is 0 Å². The molecule has 0 radical (unpaired) electrons. The van der Waals surface area contributed by atoms with Gasteiger partial charge in [-0.15, -0.1) is 0 Å². The summed E-state index contributed by atoms with van der Waals surface area (Å²) >= 11 is 0. The van der Waals surface area contributed by atoms with E-state index in [0.29, 0.717) is 13.1 Å². The quantitative estimate of drug-likeness (QED) is 0.692. The Morgan fingerprint density at radius 2 is 1.44 bits per heavy atom. The summed E-state index contributed by atoms with van der Waals surface area (Å²) in [5, 5.41) is 0. The SMILES string of the molecule is CN(C)C(=O)CN(C)S(=O)(=O)c1ccc(S(=O)(=O)N2CCCC2)cc1. The molecule has 1 fully saturated rings. The molecule has 1 saturated heterocycles. The van der Waals surface area contributed by atoms with Crippen molar-refractivity contribution in [2.45, 2.75) is 22.6 Å². The van der Waals surface area contributed by atoms with Crippen molar-refractivity contribution >= 4 is 26.0 Å². The van der Waals surface area contributed by atoms with Gasteiger partial charge in [-0.1, -0.05) is 0 Å². The topological polar surface area (TPSA) is 95.1 Å². The Bertz CT molecular complexity index is 826. The molecule has 8 nitrogen and oxygen atoms in total. The number of benzene rings is 1. The van der Waals surface area contributed by atoms with Crippen molar-refractivity contribution in [1.29, 1.82) is 0 Å². The number of sulfonamides is 2. The number of amides is 1. The summed E-state index contributed by atoms with van der Waals surface area (Å²) in [6.07, 6.45) is 1.66. The van der Waals surface area contributed by atoms with Gasteiger partial charge in [0.05, 0.1) is 16.3 Å². The Balaban J connectivity index is 2.22. The van der Waals surface area contributed by atoms with Crippen LogP contribution in [0.15, 0.2) is 34.1 Å². The fourth-order valence-electron chi connectivity index (χ4n) is 2.46. The van der Waals surface area contributed by atoms with Crippen molar-refractivity contribution < 1.29 is 21.6 Å². The van der Waals surface area contributed by atoms with Crippen LogP contribution in [0.4, 0.5) is 0 Å². The molecule has 1 aromatic carbocycles. The lowest BCUT2D eigenvalue weighted by Crippen LogP contribution is -2.37. The molecule has 0 N–H and O–H groups in total. The van der Waals surface area contributed by atoms with E-state index >= 15 is 0 Å². The van der Waals surface area contributed by atoms with Gasteiger partial charge in [-0.25, -0.2) is 16.8 Å². The second kappa shape index (κ2) is 7.40. The van der Waals surface area contributed by atoms with Gasteiger partial charge in [0.25, 0.3) is 0 Å². The number of nitrogens with zero attached hydrogens (tertiary/aromatic N) is 3. The van der Waals surface area contributed by atoms with Gasteiger partial charge in [0, 0.05) is 34.2 Å². The minimum Gasteiger partial charge on any atom is -0.348 e. The van der Waals surface area contributed by atoms with E-state index in [2.05, 4.69) is 0 Å². The Kier molecular flexibility index (Phi) is 5.87. The molecule has 2 rings (SSSR count). The number of rotatable bonds is 6. The maximum atomic E-state index is 12.5. The largest absolute Gasteiger partial charge is 0.348 e. The molecular formula is C15H23N3O5S2. The van der Waals surface area contributed by atoms with Crippen molar-refractivity contribution in [3.8, 4) is 0 Å². The van der Waals surface area contributed by atoms with E-state index in [4.69, 9.17) is 0 Å². The summed E-state index contributed by atoms with van der Waals surface area (Å²) in [6, 6.07) is 5.11. The predicted octanol–water partition coefficient (Wildman–Crippen LogP) is 0.180. The predicted molar refractivity (Wildman–Crippen MR) is 92.9 cm³/mol. The zero-order valence-electron chi connectivity index (χ0n) is 14.5. The van der Waals surface area contributed by atoms with Crippen LogP contribution in [-0.2, 0) is 24.8 Å². The van der Waals surface area contributed by atoms with E-state index in [1.807, 2.05) is 0 Å². The summed E-state index contributed by atoms with van der Waals surface area (Å²) < 4.78 is 52.3. The number of hydrogen-bond acceptors (Lipinski definition) is 5. The van der Waals surface area contributed by atoms with Crippen LogP contribution in [0.3, 0.4) is 0 Å². The highest BCUT2D eigenvalue weighted by Gasteiger charge is 2.28. The zero-order valence-corrected chi connectivity index (χ0v) is 16.2. The third-order valence-corrected chi connectivity index (χ3v) is 7.82. The molecule has 0 saturated carbocycles. The number of hydrogen-bond donors (Lipinski definition) is 0. The Hall–Kier alpha value is -1.49. The molecule has 0 spiro atoms. The van der Waals surface area contributed by atoms with Crippen LogP contribution in [0.2, 0.25) is 0 Å². The van der Waals surface area contributed by atoms with Gasteiger partial charge in [-0.3, -0.25) is 4.79 Å². The second-order valence-corrected chi connectivity index (χ2v) is 10.1. The molecule has 1 heterocycles. The molecule has 10 heteroatoms. The lowest BCUT2D eigenvalue weighted by Gasteiger charge is -2.19. The smallest absolute Gasteiger partial charge is 0.243 e. The van der Waals surface area contributed by atoms with E-state index in [1.54, 1.807) is 14.1 Å². The van der Waals surface area contributed by atoms with Crippen molar-refractivity contribution in [1.82, 2.24) is 13.5 Å². The normalized spacial score (nSPS) is 16.3. The number of likely N-dealkylation sites (N-methyl/N-ethyl adjacent to an activating group) is 2. The summed E-state index contributed by atoms with van der Waals surface area (Å²) in [5.41, 5.74) is 0. The number of carbonyl (C=O) groups excluding carboxylic acids is 1. The molecule has 1 aliphatic heterocycles. The molecule has 1 amide bonds. The van der Waals surface area contributed by atoms with Crippen LogP contribution in [0.5, 0.6) is 0 Å².